The van der Waals surface area contributed by atoms with Crippen LogP contribution in [0.25, 0.3) is 10.9 Å². The smallest absolute Gasteiger partial charge is 0.152 e. The highest BCUT2D eigenvalue weighted by Gasteiger charge is 2.10. The van der Waals surface area contributed by atoms with Crippen molar-refractivity contribution in [2.24, 2.45) is 5.92 Å². The fourth-order valence-electron chi connectivity index (χ4n) is 1.86. The highest BCUT2D eigenvalue weighted by molar-refractivity contribution is 5.90. The first-order valence-electron chi connectivity index (χ1n) is 5.51. The lowest BCUT2D eigenvalue weighted by Gasteiger charge is -2.09. The Bertz CT molecular complexity index is 565. The first-order chi connectivity index (χ1) is 7.97. The first kappa shape index (κ1) is 11.8. The van der Waals surface area contributed by atoms with E-state index >= 15 is 0 Å². The maximum Gasteiger partial charge on any atom is 0.152 e. The van der Waals surface area contributed by atoms with Gasteiger partial charge in [0.25, 0.3) is 0 Å². The van der Waals surface area contributed by atoms with Crippen LogP contribution in [-0.2, 0) is 6.42 Å². The normalized spacial score (nSPS) is 11.4. The summed E-state index contributed by atoms with van der Waals surface area (Å²) in [6, 6.07) is 3.72. The Balaban J connectivity index is 2.64. The van der Waals surface area contributed by atoms with Crippen molar-refractivity contribution in [2.45, 2.75) is 20.3 Å². The summed E-state index contributed by atoms with van der Waals surface area (Å²) in [6.45, 7) is 4.09. The second kappa shape index (κ2) is 4.28. The molecule has 0 saturated heterocycles. The van der Waals surface area contributed by atoms with E-state index in [9.17, 15) is 8.78 Å². The van der Waals surface area contributed by atoms with E-state index in [1.807, 2.05) is 13.8 Å². The molecule has 0 fully saturated rings. The van der Waals surface area contributed by atoms with Crippen molar-refractivity contribution in [1.29, 1.82) is 0 Å². The van der Waals surface area contributed by atoms with Gasteiger partial charge in [-0.25, -0.2) is 13.8 Å². The molecule has 90 valence electrons. The van der Waals surface area contributed by atoms with Crippen LogP contribution in [0, 0.1) is 17.6 Å². The van der Waals surface area contributed by atoms with Crippen molar-refractivity contribution >= 4 is 16.6 Å². The zero-order valence-electron chi connectivity index (χ0n) is 9.80. The number of benzene rings is 1. The average molecular weight is 236 g/mol. The van der Waals surface area contributed by atoms with Crippen LogP contribution in [0.4, 0.5) is 14.5 Å². The molecule has 0 aliphatic carbocycles. The zero-order chi connectivity index (χ0) is 12.6. The SMILES string of the molecule is CC(C)Cc1cc(N)c2cc(F)cc(F)c2n1. The minimum atomic E-state index is -0.669. The van der Waals surface area contributed by atoms with Gasteiger partial charge >= 0.3 is 0 Å². The van der Waals surface area contributed by atoms with E-state index in [1.165, 1.54) is 6.07 Å². The van der Waals surface area contributed by atoms with Crippen molar-refractivity contribution in [3.05, 3.63) is 35.5 Å². The van der Waals surface area contributed by atoms with Gasteiger partial charge in [0.2, 0.25) is 0 Å². The summed E-state index contributed by atoms with van der Waals surface area (Å²) >= 11 is 0. The van der Waals surface area contributed by atoms with Gasteiger partial charge in [-0.1, -0.05) is 13.8 Å². The standard InChI is InChI=1S/C13H14F2N2/c1-7(2)3-9-6-12(16)10-4-8(14)5-11(15)13(10)17-9/h4-7H,3H2,1-2H3,(H2,16,17). The third kappa shape index (κ3) is 2.35. The van der Waals surface area contributed by atoms with Gasteiger partial charge in [0, 0.05) is 22.8 Å². The van der Waals surface area contributed by atoms with E-state index < -0.39 is 11.6 Å². The Morgan fingerprint density at radius 1 is 1.24 bits per heavy atom. The molecule has 0 atom stereocenters. The number of nitrogens with zero attached hydrogens (tertiary/aromatic N) is 1. The lowest BCUT2D eigenvalue weighted by atomic mass is 10.1. The van der Waals surface area contributed by atoms with Crippen LogP contribution in [0.5, 0.6) is 0 Å². The van der Waals surface area contributed by atoms with Gasteiger partial charge in [-0.15, -0.1) is 0 Å². The molecule has 0 amide bonds. The van der Waals surface area contributed by atoms with Gasteiger partial charge in [-0.05, 0) is 24.5 Å². The summed E-state index contributed by atoms with van der Waals surface area (Å²) in [4.78, 5) is 4.20. The van der Waals surface area contributed by atoms with Crippen molar-refractivity contribution in [2.75, 3.05) is 5.73 Å². The minimum Gasteiger partial charge on any atom is -0.398 e. The molecule has 0 aliphatic heterocycles. The topological polar surface area (TPSA) is 38.9 Å². The summed E-state index contributed by atoms with van der Waals surface area (Å²) in [5.74, 6) is -0.903. The number of halogens is 2. The molecule has 2 aromatic rings. The maximum absolute atomic E-state index is 13.6. The predicted octanol–water partition coefficient (Wildman–Crippen LogP) is 3.29. The van der Waals surface area contributed by atoms with Crippen molar-refractivity contribution in [3.8, 4) is 0 Å². The highest BCUT2D eigenvalue weighted by Crippen LogP contribution is 2.25. The Morgan fingerprint density at radius 3 is 2.59 bits per heavy atom. The van der Waals surface area contributed by atoms with E-state index in [-0.39, 0.29) is 5.52 Å². The monoisotopic (exact) mass is 236 g/mol. The van der Waals surface area contributed by atoms with E-state index in [2.05, 4.69) is 4.98 Å². The molecule has 17 heavy (non-hydrogen) atoms. The number of hydrogen-bond donors (Lipinski definition) is 1. The molecular weight excluding hydrogens is 222 g/mol. The molecule has 1 heterocycles. The quantitative estimate of drug-likeness (QED) is 0.868. The van der Waals surface area contributed by atoms with Crippen LogP contribution in [-0.4, -0.2) is 4.98 Å². The number of nitrogen functional groups attached to an aromatic ring is 1. The van der Waals surface area contributed by atoms with E-state index in [0.717, 1.165) is 18.2 Å². The van der Waals surface area contributed by atoms with Crippen molar-refractivity contribution in [1.82, 2.24) is 4.98 Å². The largest absolute Gasteiger partial charge is 0.398 e. The number of pyridine rings is 1. The molecule has 2 nitrogen and oxygen atoms in total. The van der Waals surface area contributed by atoms with Crippen LogP contribution < -0.4 is 5.73 Å². The Hall–Kier alpha value is -1.71. The average Bonchev–Trinajstić information content (AvgIpc) is 2.19. The predicted molar refractivity (Wildman–Crippen MR) is 64.6 cm³/mol. The third-order valence-electron chi connectivity index (χ3n) is 2.53. The van der Waals surface area contributed by atoms with Crippen LogP contribution in [0.1, 0.15) is 19.5 Å². The van der Waals surface area contributed by atoms with Gasteiger partial charge in [0.15, 0.2) is 5.82 Å². The highest BCUT2D eigenvalue weighted by atomic mass is 19.1. The van der Waals surface area contributed by atoms with E-state index in [4.69, 9.17) is 5.73 Å². The number of fused-ring (bicyclic) bond motifs is 1. The second-order valence-electron chi connectivity index (χ2n) is 4.58. The first-order valence-corrected chi connectivity index (χ1v) is 5.51. The molecule has 0 spiro atoms. The lowest BCUT2D eigenvalue weighted by molar-refractivity contribution is 0.589. The van der Waals surface area contributed by atoms with Crippen LogP contribution >= 0.6 is 0 Å². The molecule has 0 saturated carbocycles. The lowest BCUT2D eigenvalue weighted by Crippen LogP contribution is -2.01. The van der Waals surface area contributed by atoms with E-state index in [0.29, 0.717) is 17.0 Å². The molecule has 0 bridgehead atoms. The minimum absolute atomic E-state index is 0.141. The van der Waals surface area contributed by atoms with Gasteiger partial charge in [-0.3, -0.25) is 0 Å². The summed E-state index contributed by atoms with van der Waals surface area (Å²) in [7, 11) is 0. The second-order valence-corrected chi connectivity index (χ2v) is 4.58. The van der Waals surface area contributed by atoms with Crippen LogP contribution in [0.15, 0.2) is 18.2 Å². The molecule has 4 heteroatoms. The molecule has 1 aromatic heterocycles. The third-order valence-corrected chi connectivity index (χ3v) is 2.53. The zero-order valence-corrected chi connectivity index (χ0v) is 9.80. The van der Waals surface area contributed by atoms with Crippen molar-refractivity contribution in [3.63, 3.8) is 0 Å². The number of aromatic nitrogens is 1. The summed E-state index contributed by atoms with van der Waals surface area (Å²) in [6.07, 6.45) is 0.719. The molecule has 0 aliphatic rings. The maximum atomic E-state index is 13.6. The van der Waals surface area contributed by atoms with E-state index in [1.54, 1.807) is 6.07 Å². The summed E-state index contributed by atoms with van der Waals surface area (Å²) in [5, 5.41) is 0.329. The van der Waals surface area contributed by atoms with Crippen LogP contribution in [0.2, 0.25) is 0 Å². The van der Waals surface area contributed by atoms with Gasteiger partial charge in [-0.2, -0.15) is 0 Å². The number of anilines is 1. The van der Waals surface area contributed by atoms with Gasteiger partial charge < -0.3 is 5.73 Å². The molecule has 0 radical (unpaired) electrons. The van der Waals surface area contributed by atoms with Crippen LogP contribution in [0.3, 0.4) is 0 Å². The Kier molecular flexibility index (Phi) is 2.96. The van der Waals surface area contributed by atoms with Crippen molar-refractivity contribution < 1.29 is 8.78 Å². The Morgan fingerprint density at radius 2 is 1.94 bits per heavy atom. The van der Waals surface area contributed by atoms with Gasteiger partial charge in [0.05, 0.1) is 0 Å². The van der Waals surface area contributed by atoms with Gasteiger partial charge in [0.1, 0.15) is 11.3 Å². The number of nitrogens with two attached hydrogens (primary N) is 1. The number of hydrogen-bond acceptors (Lipinski definition) is 2. The molecular formula is C13H14F2N2. The Labute approximate surface area is 98.5 Å². The fraction of sp³-hybridized carbons (Fsp3) is 0.308. The summed E-state index contributed by atoms with van der Waals surface area (Å²) in [5.41, 5.74) is 7.03. The number of rotatable bonds is 2. The molecule has 1 aromatic carbocycles. The molecule has 2 N–H and O–H groups in total. The fourth-order valence-corrected chi connectivity index (χ4v) is 1.86. The molecule has 2 rings (SSSR count). The summed E-state index contributed by atoms with van der Waals surface area (Å²) < 4.78 is 26.7. The molecule has 0 unspecified atom stereocenters.